The summed E-state index contributed by atoms with van der Waals surface area (Å²) in [6.45, 7) is 4.20. The molecule has 1 N–H and O–H groups in total. The van der Waals surface area contributed by atoms with Gasteiger partial charge in [0.25, 0.3) is 0 Å². The predicted octanol–water partition coefficient (Wildman–Crippen LogP) is 4.02. The lowest BCUT2D eigenvalue weighted by Crippen LogP contribution is -2.55. The molecule has 3 aliphatic rings. The van der Waals surface area contributed by atoms with Crippen LogP contribution in [0, 0.1) is 0 Å². The average molecular weight is 594 g/mol. The number of piperidine rings is 1. The fraction of sp³-hybridized carbons (Fsp3) is 0.500. The van der Waals surface area contributed by atoms with Crippen LogP contribution in [0.25, 0.3) is 11.1 Å². The fourth-order valence-corrected chi connectivity index (χ4v) is 7.67. The molecule has 0 bridgehead atoms. The summed E-state index contributed by atoms with van der Waals surface area (Å²) in [5.74, 6) is -0.411. The normalized spacial score (nSPS) is 22.6. The molecule has 3 heterocycles. The van der Waals surface area contributed by atoms with Crippen molar-refractivity contribution in [3.63, 3.8) is 0 Å². The fourth-order valence-electron chi connectivity index (χ4n) is 5.89. The van der Waals surface area contributed by atoms with Gasteiger partial charge >= 0.3 is 0 Å². The van der Waals surface area contributed by atoms with Crippen LogP contribution in [0.15, 0.2) is 47.4 Å². The zero-order chi connectivity index (χ0) is 27.6. The van der Waals surface area contributed by atoms with Crippen molar-refractivity contribution >= 4 is 45.0 Å². The van der Waals surface area contributed by atoms with Gasteiger partial charge in [0.05, 0.1) is 11.4 Å². The smallest absolute Gasteiger partial charge is 0.242 e. The molecular formula is C28H34Cl2N4O4S. The number of rotatable bonds is 8. The molecule has 0 aromatic heterocycles. The molecule has 0 saturated carbocycles. The van der Waals surface area contributed by atoms with E-state index >= 15 is 0 Å². The van der Waals surface area contributed by atoms with E-state index in [1.807, 2.05) is 4.90 Å². The van der Waals surface area contributed by atoms with E-state index < -0.39 is 16.1 Å². The number of carbonyl (C=O) groups is 2. The first-order valence-electron chi connectivity index (χ1n) is 13.6. The lowest BCUT2D eigenvalue weighted by molar-refractivity contribution is -0.143. The Hall–Kier alpha value is -2.17. The molecule has 0 aliphatic carbocycles. The summed E-state index contributed by atoms with van der Waals surface area (Å²) in [4.78, 5) is 32.4. The topological polar surface area (TPSA) is 90.0 Å². The molecule has 2 amide bonds. The van der Waals surface area contributed by atoms with E-state index in [1.165, 1.54) is 29.9 Å². The second-order valence-electron chi connectivity index (χ2n) is 10.6. The van der Waals surface area contributed by atoms with Crippen molar-refractivity contribution in [1.29, 1.82) is 0 Å². The number of hydrogen-bond acceptors (Lipinski definition) is 5. The van der Waals surface area contributed by atoms with Crippen LogP contribution in [0.4, 0.5) is 0 Å². The molecule has 3 saturated heterocycles. The van der Waals surface area contributed by atoms with Gasteiger partial charge in [-0.2, -0.15) is 4.72 Å². The molecule has 3 aliphatic heterocycles. The lowest BCUT2D eigenvalue weighted by Gasteiger charge is -2.34. The Balaban J connectivity index is 1.24. The standard InChI is InChI=1S/C28H34Cl2N4O4S/c29-21-10-11-24(25(30)17-21)20-6-3-8-23(16-20)39(37,38)31-26-9-5-14-33(28(26)36)19-27(35)34-15-4-7-22(34)18-32-12-1-2-13-32/h3,6,8,10-11,16-17,22,26,31H,1-2,4-5,7,9,12-15,18-19H2/t22-,26-/m0/s1. The Morgan fingerprint density at radius 2 is 1.72 bits per heavy atom. The Bertz CT molecular complexity index is 1330. The molecule has 210 valence electrons. The summed E-state index contributed by atoms with van der Waals surface area (Å²) in [6.07, 6.45) is 5.37. The van der Waals surface area contributed by atoms with E-state index in [2.05, 4.69) is 9.62 Å². The molecule has 8 nitrogen and oxygen atoms in total. The molecule has 0 radical (unpaired) electrons. The van der Waals surface area contributed by atoms with Gasteiger partial charge in [-0.1, -0.05) is 41.4 Å². The van der Waals surface area contributed by atoms with E-state index in [9.17, 15) is 18.0 Å². The highest BCUT2D eigenvalue weighted by Gasteiger charge is 2.36. The molecule has 39 heavy (non-hydrogen) atoms. The monoisotopic (exact) mass is 592 g/mol. The Morgan fingerprint density at radius 3 is 2.49 bits per heavy atom. The summed E-state index contributed by atoms with van der Waals surface area (Å²) < 4.78 is 29.2. The van der Waals surface area contributed by atoms with Gasteiger partial charge in [0.15, 0.2) is 0 Å². The number of halogens is 2. The van der Waals surface area contributed by atoms with Crippen LogP contribution in [-0.2, 0) is 19.6 Å². The summed E-state index contributed by atoms with van der Waals surface area (Å²) in [6, 6.07) is 10.7. The third kappa shape index (κ3) is 6.60. The molecule has 0 spiro atoms. The van der Waals surface area contributed by atoms with Gasteiger partial charge < -0.3 is 14.7 Å². The van der Waals surface area contributed by atoms with Crippen LogP contribution in [0.1, 0.15) is 38.5 Å². The average Bonchev–Trinajstić information content (AvgIpc) is 3.59. The molecule has 0 unspecified atom stereocenters. The van der Waals surface area contributed by atoms with Gasteiger partial charge in [-0.3, -0.25) is 9.59 Å². The van der Waals surface area contributed by atoms with Crippen LogP contribution in [0.5, 0.6) is 0 Å². The minimum absolute atomic E-state index is 0.0158. The van der Waals surface area contributed by atoms with Crippen molar-refractivity contribution in [1.82, 2.24) is 19.4 Å². The van der Waals surface area contributed by atoms with Crippen molar-refractivity contribution in [3.8, 4) is 11.1 Å². The van der Waals surface area contributed by atoms with Gasteiger partial charge in [-0.05, 0) is 81.4 Å². The summed E-state index contributed by atoms with van der Waals surface area (Å²) in [5, 5.41) is 0.897. The maximum absolute atomic E-state index is 13.3. The van der Waals surface area contributed by atoms with Gasteiger partial charge in [0.2, 0.25) is 21.8 Å². The van der Waals surface area contributed by atoms with Gasteiger partial charge in [0, 0.05) is 41.3 Å². The van der Waals surface area contributed by atoms with Crippen LogP contribution >= 0.6 is 23.2 Å². The number of likely N-dealkylation sites (tertiary alicyclic amines) is 3. The van der Waals surface area contributed by atoms with Crippen molar-refractivity contribution in [2.45, 2.75) is 55.5 Å². The number of carbonyl (C=O) groups excluding carboxylic acids is 2. The quantitative estimate of drug-likeness (QED) is 0.500. The zero-order valence-corrected chi connectivity index (χ0v) is 24.1. The molecule has 2 aromatic carbocycles. The van der Waals surface area contributed by atoms with Crippen molar-refractivity contribution in [2.75, 3.05) is 39.3 Å². The molecule has 2 atom stereocenters. The second kappa shape index (κ2) is 12.1. The van der Waals surface area contributed by atoms with E-state index in [0.717, 1.165) is 32.5 Å². The van der Waals surface area contributed by atoms with Crippen LogP contribution in [0.2, 0.25) is 10.0 Å². The zero-order valence-electron chi connectivity index (χ0n) is 21.8. The SMILES string of the molecule is O=C1[C@@H](NS(=O)(=O)c2cccc(-c3ccc(Cl)cc3Cl)c2)CCCN1CC(=O)N1CCC[C@H]1CN1CCCC1. The first-order valence-corrected chi connectivity index (χ1v) is 15.8. The lowest BCUT2D eigenvalue weighted by atomic mass is 10.1. The maximum Gasteiger partial charge on any atom is 0.242 e. The van der Waals surface area contributed by atoms with Crippen LogP contribution < -0.4 is 4.72 Å². The molecule has 2 aromatic rings. The Kier molecular flexibility index (Phi) is 8.83. The highest BCUT2D eigenvalue weighted by molar-refractivity contribution is 7.89. The third-order valence-electron chi connectivity index (χ3n) is 7.91. The number of nitrogens with zero attached hydrogens (tertiary/aromatic N) is 3. The van der Waals surface area contributed by atoms with Gasteiger partial charge in [-0.15, -0.1) is 0 Å². The Labute approximate surface area is 240 Å². The first kappa shape index (κ1) is 28.4. The highest BCUT2D eigenvalue weighted by atomic mass is 35.5. The van der Waals surface area contributed by atoms with Crippen molar-refractivity contribution in [2.24, 2.45) is 0 Å². The van der Waals surface area contributed by atoms with Crippen LogP contribution in [-0.4, -0.2) is 86.3 Å². The second-order valence-corrected chi connectivity index (χ2v) is 13.2. The number of sulfonamides is 1. The van der Waals surface area contributed by atoms with E-state index in [1.54, 1.807) is 30.3 Å². The van der Waals surface area contributed by atoms with Crippen LogP contribution in [0.3, 0.4) is 0 Å². The molecule has 11 heteroatoms. The van der Waals surface area contributed by atoms with Crippen molar-refractivity contribution in [3.05, 3.63) is 52.5 Å². The van der Waals surface area contributed by atoms with Gasteiger partial charge in [-0.25, -0.2) is 8.42 Å². The van der Waals surface area contributed by atoms with Gasteiger partial charge in [0.1, 0.15) is 6.04 Å². The largest absolute Gasteiger partial charge is 0.337 e. The minimum atomic E-state index is -4.00. The number of hydrogen-bond donors (Lipinski definition) is 1. The van der Waals surface area contributed by atoms with E-state index in [0.29, 0.717) is 47.1 Å². The summed E-state index contributed by atoms with van der Waals surface area (Å²) in [5.41, 5.74) is 1.28. The third-order valence-corrected chi connectivity index (χ3v) is 9.92. The number of nitrogens with one attached hydrogen (secondary N) is 1. The van der Waals surface area contributed by atoms with E-state index in [4.69, 9.17) is 23.2 Å². The summed E-state index contributed by atoms with van der Waals surface area (Å²) >= 11 is 12.3. The first-order chi connectivity index (χ1) is 18.7. The Morgan fingerprint density at radius 1 is 0.949 bits per heavy atom. The summed E-state index contributed by atoms with van der Waals surface area (Å²) in [7, 11) is -4.00. The number of benzene rings is 2. The minimum Gasteiger partial charge on any atom is -0.337 e. The number of amides is 2. The molecule has 3 fully saturated rings. The maximum atomic E-state index is 13.3. The highest BCUT2D eigenvalue weighted by Crippen LogP contribution is 2.31. The van der Waals surface area contributed by atoms with Crippen molar-refractivity contribution < 1.29 is 18.0 Å². The molecular weight excluding hydrogens is 559 g/mol. The van der Waals surface area contributed by atoms with E-state index in [-0.39, 0.29) is 29.3 Å². The predicted molar refractivity (Wildman–Crippen MR) is 152 cm³/mol. The molecule has 5 rings (SSSR count).